The fourth-order valence-corrected chi connectivity index (χ4v) is 5.15. The summed E-state index contributed by atoms with van der Waals surface area (Å²) >= 11 is 0. The maximum absolute atomic E-state index is 13.0. The number of nitrogens with zero attached hydrogens (tertiary/aromatic N) is 5. The summed E-state index contributed by atoms with van der Waals surface area (Å²) in [5.41, 5.74) is 1.27. The van der Waals surface area contributed by atoms with Gasteiger partial charge in [-0.2, -0.15) is 0 Å². The molecule has 1 aromatic heterocycles. The van der Waals surface area contributed by atoms with Crippen LogP contribution in [-0.4, -0.2) is 86.7 Å². The van der Waals surface area contributed by atoms with E-state index in [4.69, 9.17) is 9.72 Å². The number of benzene rings is 2. The highest BCUT2D eigenvalue weighted by Gasteiger charge is 2.29. The van der Waals surface area contributed by atoms with Crippen LogP contribution in [0.15, 0.2) is 59.5 Å². The Morgan fingerprint density at radius 3 is 2.06 bits per heavy atom. The number of nitrogens with one attached hydrogen (secondary N) is 1. The van der Waals surface area contributed by atoms with Gasteiger partial charge in [-0.3, -0.25) is 4.72 Å². The maximum atomic E-state index is 13.0. The van der Waals surface area contributed by atoms with Crippen molar-refractivity contribution < 1.29 is 17.9 Å². The van der Waals surface area contributed by atoms with Gasteiger partial charge in [-0.1, -0.05) is 30.3 Å². The van der Waals surface area contributed by atoms with Crippen LogP contribution in [0.5, 0.6) is 0 Å². The molecule has 2 saturated heterocycles. The number of piperazine rings is 1. The Morgan fingerprint density at radius 1 is 0.794 bits per heavy atom. The average Bonchev–Trinajstić information content (AvgIpc) is 2.89. The Balaban J connectivity index is 1.40. The van der Waals surface area contributed by atoms with Crippen molar-refractivity contribution in [3.05, 3.63) is 54.6 Å². The average molecular weight is 483 g/mol. The first-order valence-corrected chi connectivity index (χ1v) is 12.7. The summed E-state index contributed by atoms with van der Waals surface area (Å²) in [4.78, 5) is 27.9. The SMILES string of the molecule is O=C(N1CCOCC1)N1CCN(c2nc3ccccc3nc2NS(=O)(=O)c2ccccc2)CC1. The van der Waals surface area contributed by atoms with E-state index >= 15 is 0 Å². The van der Waals surface area contributed by atoms with E-state index in [1.54, 1.807) is 24.3 Å². The van der Waals surface area contributed by atoms with Crippen LogP contribution in [0.4, 0.5) is 16.4 Å². The third kappa shape index (κ3) is 4.62. The summed E-state index contributed by atoms with van der Waals surface area (Å²) in [7, 11) is -3.84. The van der Waals surface area contributed by atoms with Crippen molar-refractivity contribution >= 4 is 38.7 Å². The predicted molar refractivity (Wildman–Crippen MR) is 128 cm³/mol. The summed E-state index contributed by atoms with van der Waals surface area (Å²) in [5, 5.41) is 0. The van der Waals surface area contributed by atoms with Gasteiger partial charge in [0, 0.05) is 39.3 Å². The predicted octanol–water partition coefficient (Wildman–Crippen LogP) is 2.00. The number of aromatic nitrogens is 2. The van der Waals surface area contributed by atoms with Crippen molar-refractivity contribution in [1.82, 2.24) is 19.8 Å². The minimum Gasteiger partial charge on any atom is -0.378 e. The molecule has 10 nitrogen and oxygen atoms in total. The Morgan fingerprint density at radius 2 is 1.38 bits per heavy atom. The molecule has 5 rings (SSSR count). The van der Waals surface area contributed by atoms with Gasteiger partial charge in [0.15, 0.2) is 11.6 Å². The third-order valence-corrected chi connectivity index (χ3v) is 7.32. The number of ether oxygens (including phenoxy) is 1. The van der Waals surface area contributed by atoms with Crippen molar-refractivity contribution in [3.63, 3.8) is 0 Å². The molecule has 11 heteroatoms. The molecule has 0 radical (unpaired) electrons. The molecule has 0 unspecified atom stereocenters. The Hall–Kier alpha value is -3.44. The number of fused-ring (bicyclic) bond motifs is 1. The smallest absolute Gasteiger partial charge is 0.320 e. The van der Waals surface area contributed by atoms with E-state index in [9.17, 15) is 13.2 Å². The molecule has 0 atom stereocenters. The molecule has 2 aliphatic heterocycles. The number of anilines is 2. The van der Waals surface area contributed by atoms with Gasteiger partial charge in [-0.25, -0.2) is 23.2 Å². The summed E-state index contributed by atoms with van der Waals surface area (Å²) in [6, 6.07) is 15.5. The van der Waals surface area contributed by atoms with Crippen molar-refractivity contribution in [2.75, 3.05) is 62.1 Å². The van der Waals surface area contributed by atoms with Crippen LogP contribution in [0.1, 0.15) is 0 Å². The van der Waals surface area contributed by atoms with Crippen molar-refractivity contribution in [3.8, 4) is 0 Å². The molecule has 0 bridgehead atoms. The molecule has 2 fully saturated rings. The zero-order chi connectivity index (χ0) is 23.5. The third-order valence-electron chi connectivity index (χ3n) is 5.97. The van der Waals surface area contributed by atoms with Crippen LogP contribution < -0.4 is 9.62 Å². The second-order valence-corrected chi connectivity index (χ2v) is 9.84. The standard InChI is InChI=1S/C23H26N6O4S/c30-23(29-14-16-33-17-15-29)28-12-10-27(11-13-28)22-21(24-19-8-4-5-9-20(19)25-22)26-34(31,32)18-6-2-1-3-7-18/h1-9H,10-17H2,(H,24,26). The molecule has 0 spiro atoms. The lowest BCUT2D eigenvalue weighted by Gasteiger charge is -2.39. The number of morpholine rings is 1. The largest absolute Gasteiger partial charge is 0.378 e. The quantitative estimate of drug-likeness (QED) is 0.606. The van der Waals surface area contributed by atoms with E-state index in [0.717, 1.165) is 0 Å². The van der Waals surface area contributed by atoms with Gasteiger partial charge in [-0.05, 0) is 24.3 Å². The number of amides is 2. The molecular weight excluding hydrogens is 456 g/mol. The fraction of sp³-hybridized carbons (Fsp3) is 0.348. The van der Waals surface area contributed by atoms with Crippen LogP contribution >= 0.6 is 0 Å². The highest BCUT2D eigenvalue weighted by Crippen LogP contribution is 2.28. The van der Waals surface area contributed by atoms with E-state index in [0.29, 0.717) is 69.3 Å². The van der Waals surface area contributed by atoms with Crippen molar-refractivity contribution in [1.29, 1.82) is 0 Å². The van der Waals surface area contributed by atoms with Crippen LogP contribution in [0.2, 0.25) is 0 Å². The minimum absolute atomic E-state index is 0.0116. The number of sulfonamides is 1. The fourth-order valence-electron chi connectivity index (χ4n) is 4.13. The van der Waals surface area contributed by atoms with Crippen molar-refractivity contribution in [2.24, 2.45) is 0 Å². The zero-order valence-corrected chi connectivity index (χ0v) is 19.4. The summed E-state index contributed by atoms with van der Waals surface area (Å²) in [6.07, 6.45) is 0. The lowest BCUT2D eigenvalue weighted by atomic mass is 10.3. The number of para-hydroxylation sites is 2. The van der Waals surface area contributed by atoms with Gasteiger partial charge in [-0.15, -0.1) is 0 Å². The van der Waals surface area contributed by atoms with E-state index in [-0.39, 0.29) is 16.7 Å². The van der Waals surface area contributed by atoms with Gasteiger partial charge in [0.05, 0.1) is 29.1 Å². The highest BCUT2D eigenvalue weighted by molar-refractivity contribution is 7.92. The van der Waals surface area contributed by atoms with Gasteiger partial charge >= 0.3 is 6.03 Å². The molecule has 34 heavy (non-hydrogen) atoms. The van der Waals surface area contributed by atoms with Gasteiger partial charge in [0.25, 0.3) is 10.0 Å². The molecule has 2 aliphatic rings. The van der Waals surface area contributed by atoms with E-state index in [1.807, 2.05) is 32.9 Å². The highest BCUT2D eigenvalue weighted by atomic mass is 32.2. The number of urea groups is 1. The summed E-state index contributed by atoms with van der Waals surface area (Å²) < 4.78 is 34.0. The van der Waals surface area contributed by atoms with Gasteiger partial charge < -0.3 is 19.4 Å². The minimum atomic E-state index is -3.84. The Bertz CT molecular complexity index is 1270. The molecule has 3 aromatic rings. The van der Waals surface area contributed by atoms with Crippen LogP contribution in [0.3, 0.4) is 0 Å². The van der Waals surface area contributed by atoms with Crippen LogP contribution in [0, 0.1) is 0 Å². The molecule has 2 amide bonds. The lowest BCUT2D eigenvalue weighted by Crippen LogP contribution is -2.55. The molecule has 0 saturated carbocycles. The molecule has 1 N–H and O–H groups in total. The first kappa shape index (κ1) is 22.4. The van der Waals surface area contributed by atoms with Crippen LogP contribution in [0.25, 0.3) is 11.0 Å². The number of hydrogen-bond donors (Lipinski definition) is 1. The molecule has 2 aromatic carbocycles. The second-order valence-electron chi connectivity index (χ2n) is 8.16. The lowest BCUT2D eigenvalue weighted by molar-refractivity contribution is 0.0428. The Labute approximate surface area is 198 Å². The summed E-state index contributed by atoms with van der Waals surface area (Å²) in [6.45, 7) is 4.37. The first-order valence-electron chi connectivity index (χ1n) is 11.2. The van der Waals surface area contributed by atoms with E-state index < -0.39 is 10.0 Å². The molecule has 178 valence electrons. The molecule has 0 aliphatic carbocycles. The van der Waals surface area contributed by atoms with Crippen molar-refractivity contribution in [2.45, 2.75) is 4.90 Å². The topological polar surface area (TPSA) is 108 Å². The molecular formula is C23H26N6O4S. The summed E-state index contributed by atoms with van der Waals surface area (Å²) in [5.74, 6) is 0.632. The van der Waals surface area contributed by atoms with E-state index in [2.05, 4.69) is 9.71 Å². The first-order chi connectivity index (χ1) is 16.5. The Kier molecular flexibility index (Phi) is 6.20. The number of carbonyl (C=O) groups excluding carboxylic acids is 1. The zero-order valence-electron chi connectivity index (χ0n) is 18.6. The van der Waals surface area contributed by atoms with Gasteiger partial charge in [0.2, 0.25) is 0 Å². The number of hydrogen-bond acceptors (Lipinski definition) is 7. The van der Waals surface area contributed by atoms with Crippen LogP contribution in [-0.2, 0) is 14.8 Å². The van der Waals surface area contributed by atoms with E-state index in [1.165, 1.54) is 12.1 Å². The normalized spacial score (nSPS) is 17.1. The monoisotopic (exact) mass is 482 g/mol. The molecule has 3 heterocycles. The second kappa shape index (κ2) is 9.43. The number of rotatable bonds is 4. The number of carbonyl (C=O) groups is 1. The maximum Gasteiger partial charge on any atom is 0.320 e. The van der Waals surface area contributed by atoms with Gasteiger partial charge in [0.1, 0.15) is 0 Å².